The van der Waals surface area contributed by atoms with Crippen LogP contribution in [0.4, 0.5) is 0 Å². The second-order valence-electron chi connectivity index (χ2n) is 4.05. The lowest BCUT2D eigenvalue weighted by Crippen LogP contribution is -2.09. The number of ether oxygens (including phenoxy) is 1. The van der Waals surface area contributed by atoms with Gasteiger partial charge >= 0.3 is 5.97 Å². The number of carbonyl (C=O) groups is 1. The van der Waals surface area contributed by atoms with Crippen LogP contribution in [0, 0.1) is 6.92 Å². The molecule has 0 unspecified atom stereocenters. The molecule has 2 aromatic rings. The van der Waals surface area contributed by atoms with Crippen LogP contribution in [0.15, 0.2) is 12.1 Å². The standard InChI is InChI=1S/C13H11Cl2NO3/c1-6-8(5-19-2)10(13(17)18)7-3-4-9(14)11(15)12(7)16-6/h3-4H,5H2,1-2H3,(H,17,18). The van der Waals surface area contributed by atoms with Crippen molar-refractivity contribution in [3.05, 3.63) is 39.0 Å². The predicted molar refractivity (Wildman–Crippen MR) is 74.2 cm³/mol. The molecule has 0 aliphatic heterocycles. The number of rotatable bonds is 3. The smallest absolute Gasteiger partial charge is 0.336 e. The van der Waals surface area contributed by atoms with Crippen LogP contribution in [-0.4, -0.2) is 23.2 Å². The van der Waals surface area contributed by atoms with E-state index in [1.807, 2.05) is 0 Å². The molecule has 1 aromatic carbocycles. The van der Waals surface area contributed by atoms with E-state index in [-0.39, 0.29) is 17.2 Å². The molecular formula is C13H11Cl2NO3. The second kappa shape index (κ2) is 5.33. The maximum Gasteiger partial charge on any atom is 0.336 e. The van der Waals surface area contributed by atoms with Crippen LogP contribution < -0.4 is 0 Å². The summed E-state index contributed by atoms with van der Waals surface area (Å²) in [4.78, 5) is 15.8. The van der Waals surface area contributed by atoms with Crippen molar-refractivity contribution in [2.75, 3.05) is 7.11 Å². The predicted octanol–water partition coefficient (Wildman–Crippen LogP) is 3.69. The van der Waals surface area contributed by atoms with Crippen LogP contribution >= 0.6 is 23.2 Å². The van der Waals surface area contributed by atoms with Gasteiger partial charge in [0.1, 0.15) is 0 Å². The normalized spacial score (nSPS) is 10.9. The third kappa shape index (κ3) is 2.39. The first-order chi connectivity index (χ1) is 8.97. The number of carboxylic acid groups (broad SMARTS) is 1. The lowest BCUT2D eigenvalue weighted by atomic mass is 10.0. The van der Waals surface area contributed by atoms with E-state index in [1.165, 1.54) is 7.11 Å². The molecule has 0 saturated heterocycles. The summed E-state index contributed by atoms with van der Waals surface area (Å²) in [6, 6.07) is 3.17. The second-order valence-corrected chi connectivity index (χ2v) is 4.83. The Morgan fingerprint density at radius 1 is 1.42 bits per heavy atom. The molecule has 0 spiro atoms. The molecule has 0 atom stereocenters. The Balaban J connectivity index is 2.92. The summed E-state index contributed by atoms with van der Waals surface area (Å²) in [5.41, 5.74) is 1.66. The van der Waals surface area contributed by atoms with Gasteiger partial charge in [0.25, 0.3) is 0 Å². The molecule has 4 nitrogen and oxygen atoms in total. The van der Waals surface area contributed by atoms with Crippen molar-refractivity contribution in [3.8, 4) is 0 Å². The number of methoxy groups -OCH3 is 1. The maximum atomic E-state index is 11.5. The van der Waals surface area contributed by atoms with Gasteiger partial charge in [-0.05, 0) is 13.0 Å². The fraction of sp³-hybridized carbons (Fsp3) is 0.231. The summed E-state index contributed by atoms with van der Waals surface area (Å²) in [5, 5.41) is 10.5. The van der Waals surface area contributed by atoms with E-state index >= 15 is 0 Å². The zero-order valence-corrected chi connectivity index (χ0v) is 11.8. The minimum Gasteiger partial charge on any atom is -0.478 e. The minimum absolute atomic E-state index is 0.155. The molecule has 0 fully saturated rings. The zero-order chi connectivity index (χ0) is 14.2. The number of benzene rings is 1. The molecular weight excluding hydrogens is 289 g/mol. The fourth-order valence-electron chi connectivity index (χ4n) is 1.99. The molecule has 1 heterocycles. The number of carboxylic acids is 1. The van der Waals surface area contributed by atoms with Crippen LogP contribution in [0.25, 0.3) is 10.9 Å². The van der Waals surface area contributed by atoms with Crippen molar-refractivity contribution in [3.63, 3.8) is 0 Å². The molecule has 0 amide bonds. The number of nitrogens with zero attached hydrogens (tertiary/aromatic N) is 1. The Hall–Kier alpha value is -1.36. The van der Waals surface area contributed by atoms with E-state index in [9.17, 15) is 9.90 Å². The summed E-state index contributed by atoms with van der Waals surface area (Å²) >= 11 is 12.0. The van der Waals surface area contributed by atoms with E-state index in [2.05, 4.69) is 4.98 Å². The maximum absolute atomic E-state index is 11.5. The first kappa shape index (κ1) is 14.1. The van der Waals surface area contributed by atoms with E-state index in [0.717, 1.165) is 0 Å². The third-order valence-electron chi connectivity index (χ3n) is 2.86. The Morgan fingerprint density at radius 3 is 2.68 bits per heavy atom. The molecule has 19 heavy (non-hydrogen) atoms. The SMILES string of the molecule is COCc1c(C)nc2c(Cl)c(Cl)ccc2c1C(=O)O. The summed E-state index contributed by atoms with van der Waals surface area (Å²) < 4.78 is 5.04. The van der Waals surface area contributed by atoms with E-state index in [1.54, 1.807) is 19.1 Å². The van der Waals surface area contributed by atoms with Crippen molar-refractivity contribution in [2.45, 2.75) is 13.5 Å². The van der Waals surface area contributed by atoms with Crippen LogP contribution in [0.2, 0.25) is 10.0 Å². The number of hydrogen-bond donors (Lipinski definition) is 1. The highest BCUT2D eigenvalue weighted by Crippen LogP contribution is 2.33. The highest BCUT2D eigenvalue weighted by atomic mass is 35.5. The first-order valence-electron chi connectivity index (χ1n) is 5.46. The molecule has 0 radical (unpaired) electrons. The number of pyridine rings is 1. The number of halogens is 2. The Bertz CT molecular complexity index is 671. The van der Waals surface area contributed by atoms with Crippen molar-refractivity contribution in [1.29, 1.82) is 0 Å². The lowest BCUT2D eigenvalue weighted by molar-refractivity contribution is 0.0694. The van der Waals surface area contributed by atoms with Gasteiger partial charge < -0.3 is 9.84 Å². The molecule has 0 aliphatic carbocycles. The van der Waals surface area contributed by atoms with Gasteiger partial charge in [0.05, 0.1) is 27.7 Å². The molecule has 100 valence electrons. The van der Waals surface area contributed by atoms with E-state index in [0.29, 0.717) is 27.2 Å². The monoisotopic (exact) mass is 299 g/mol. The Labute approximate surface area is 119 Å². The van der Waals surface area contributed by atoms with Crippen molar-refractivity contribution < 1.29 is 14.6 Å². The topological polar surface area (TPSA) is 59.4 Å². The molecule has 0 bridgehead atoms. The molecule has 0 saturated carbocycles. The summed E-state index contributed by atoms with van der Waals surface area (Å²) in [5.74, 6) is -1.04. The zero-order valence-electron chi connectivity index (χ0n) is 10.3. The number of aromatic carboxylic acids is 1. The fourth-order valence-corrected chi connectivity index (χ4v) is 2.35. The van der Waals surface area contributed by atoms with Crippen LogP contribution in [0.1, 0.15) is 21.6 Å². The summed E-state index contributed by atoms with van der Waals surface area (Å²) in [7, 11) is 1.50. The third-order valence-corrected chi connectivity index (χ3v) is 3.65. The van der Waals surface area contributed by atoms with Gasteiger partial charge in [0.2, 0.25) is 0 Å². The number of aromatic nitrogens is 1. The first-order valence-corrected chi connectivity index (χ1v) is 6.22. The largest absolute Gasteiger partial charge is 0.478 e. The van der Waals surface area contributed by atoms with Gasteiger partial charge in [0, 0.05) is 23.8 Å². The lowest BCUT2D eigenvalue weighted by Gasteiger charge is -2.13. The Morgan fingerprint density at radius 2 is 2.11 bits per heavy atom. The van der Waals surface area contributed by atoms with Gasteiger partial charge in [-0.3, -0.25) is 4.98 Å². The van der Waals surface area contributed by atoms with Gasteiger partial charge in [0.15, 0.2) is 0 Å². The van der Waals surface area contributed by atoms with E-state index < -0.39 is 5.97 Å². The van der Waals surface area contributed by atoms with Gasteiger partial charge in [-0.2, -0.15) is 0 Å². The molecule has 1 aromatic heterocycles. The summed E-state index contributed by atoms with van der Waals surface area (Å²) in [6.07, 6.45) is 0. The van der Waals surface area contributed by atoms with Gasteiger partial charge in [-0.1, -0.05) is 29.3 Å². The molecule has 0 aliphatic rings. The highest BCUT2D eigenvalue weighted by Gasteiger charge is 2.20. The molecule has 6 heteroatoms. The van der Waals surface area contributed by atoms with Crippen molar-refractivity contribution in [1.82, 2.24) is 4.98 Å². The number of aryl methyl sites for hydroxylation is 1. The van der Waals surface area contributed by atoms with Crippen molar-refractivity contribution >= 4 is 40.1 Å². The average Bonchev–Trinajstić information content (AvgIpc) is 2.35. The van der Waals surface area contributed by atoms with Gasteiger partial charge in [-0.25, -0.2) is 4.79 Å². The van der Waals surface area contributed by atoms with Crippen LogP contribution in [0.3, 0.4) is 0 Å². The minimum atomic E-state index is -1.04. The Kier molecular flexibility index (Phi) is 3.94. The van der Waals surface area contributed by atoms with Crippen LogP contribution in [-0.2, 0) is 11.3 Å². The number of hydrogen-bond acceptors (Lipinski definition) is 3. The van der Waals surface area contributed by atoms with Crippen molar-refractivity contribution in [2.24, 2.45) is 0 Å². The quantitative estimate of drug-likeness (QED) is 0.939. The van der Waals surface area contributed by atoms with E-state index in [4.69, 9.17) is 27.9 Å². The molecule has 1 N–H and O–H groups in total. The summed E-state index contributed by atoms with van der Waals surface area (Å²) in [6.45, 7) is 1.90. The highest BCUT2D eigenvalue weighted by molar-refractivity contribution is 6.45. The van der Waals surface area contributed by atoms with Gasteiger partial charge in [-0.15, -0.1) is 0 Å². The average molecular weight is 300 g/mol. The molecule has 2 rings (SSSR count). The van der Waals surface area contributed by atoms with Crippen LogP contribution in [0.5, 0.6) is 0 Å². The number of fused-ring (bicyclic) bond motifs is 1.